The van der Waals surface area contributed by atoms with Crippen LogP contribution in [-0.2, 0) is 0 Å². The SMILES string of the molecule is CNC1CCN(C(=O)c2ccc(F)cc2Br)CC1. The summed E-state index contributed by atoms with van der Waals surface area (Å²) in [6.07, 6.45) is 1.92. The molecule has 98 valence electrons. The molecule has 1 amide bonds. The Morgan fingerprint density at radius 2 is 2.11 bits per heavy atom. The van der Waals surface area contributed by atoms with Crippen molar-refractivity contribution < 1.29 is 9.18 Å². The minimum Gasteiger partial charge on any atom is -0.338 e. The van der Waals surface area contributed by atoms with E-state index in [4.69, 9.17) is 0 Å². The van der Waals surface area contributed by atoms with Crippen molar-refractivity contribution >= 4 is 21.8 Å². The Morgan fingerprint density at radius 1 is 1.44 bits per heavy atom. The number of nitrogens with one attached hydrogen (secondary N) is 1. The standard InChI is InChI=1S/C13H16BrFN2O/c1-16-10-4-6-17(7-5-10)13(18)11-3-2-9(15)8-12(11)14/h2-3,8,10,16H,4-7H2,1H3. The summed E-state index contributed by atoms with van der Waals surface area (Å²) < 4.78 is 13.5. The van der Waals surface area contributed by atoms with Crippen molar-refractivity contribution in [3.63, 3.8) is 0 Å². The van der Waals surface area contributed by atoms with Crippen LogP contribution in [0.1, 0.15) is 23.2 Å². The second-order valence-corrected chi connectivity index (χ2v) is 5.33. The number of hydrogen-bond donors (Lipinski definition) is 1. The number of amides is 1. The highest BCUT2D eigenvalue weighted by molar-refractivity contribution is 9.10. The second kappa shape index (κ2) is 5.80. The van der Waals surface area contributed by atoms with Crippen LogP contribution in [0.3, 0.4) is 0 Å². The molecule has 0 aromatic heterocycles. The number of hydrogen-bond acceptors (Lipinski definition) is 2. The zero-order valence-electron chi connectivity index (χ0n) is 10.2. The normalized spacial score (nSPS) is 16.9. The van der Waals surface area contributed by atoms with E-state index in [1.165, 1.54) is 18.2 Å². The van der Waals surface area contributed by atoms with Gasteiger partial charge >= 0.3 is 0 Å². The lowest BCUT2D eigenvalue weighted by atomic mass is 10.0. The van der Waals surface area contributed by atoms with Gasteiger partial charge in [-0.2, -0.15) is 0 Å². The lowest BCUT2D eigenvalue weighted by Crippen LogP contribution is -2.44. The largest absolute Gasteiger partial charge is 0.338 e. The molecular weight excluding hydrogens is 299 g/mol. The molecule has 1 aromatic carbocycles. The monoisotopic (exact) mass is 314 g/mol. The molecule has 0 bridgehead atoms. The zero-order chi connectivity index (χ0) is 13.1. The lowest BCUT2D eigenvalue weighted by Gasteiger charge is -2.32. The minimum absolute atomic E-state index is 0.0311. The Morgan fingerprint density at radius 3 is 2.67 bits per heavy atom. The molecule has 0 aliphatic carbocycles. The van der Waals surface area contributed by atoms with E-state index in [1.807, 2.05) is 11.9 Å². The summed E-state index contributed by atoms with van der Waals surface area (Å²) in [5, 5.41) is 3.23. The second-order valence-electron chi connectivity index (χ2n) is 4.48. The molecule has 3 nitrogen and oxygen atoms in total. The number of carbonyl (C=O) groups is 1. The maximum absolute atomic E-state index is 13.0. The number of benzene rings is 1. The summed E-state index contributed by atoms with van der Waals surface area (Å²) in [5.41, 5.74) is 0.527. The van der Waals surface area contributed by atoms with E-state index in [0.717, 1.165) is 25.9 Å². The first-order chi connectivity index (χ1) is 8.61. The van der Waals surface area contributed by atoms with Crippen LogP contribution in [0.25, 0.3) is 0 Å². The Balaban J connectivity index is 2.08. The van der Waals surface area contributed by atoms with Gasteiger partial charge in [0.15, 0.2) is 0 Å². The molecule has 0 radical (unpaired) electrons. The van der Waals surface area contributed by atoms with Crippen molar-refractivity contribution in [3.05, 3.63) is 34.1 Å². The summed E-state index contributed by atoms with van der Waals surface area (Å²) in [7, 11) is 1.94. The summed E-state index contributed by atoms with van der Waals surface area (Å²) in [6.45, 7) is 1.49. The average Bonchev–Trinajstić information content (AvgIpc) is 2.38. The van der Waals surface area contributed by atoms with Crippen molar-refractivity contribution in [2.75, 3.05) is 20.1 Å². The molecular formula is C13H16BrFN2O. The first-order valence-corrected chi connectivity index (χ1v) is 6.82. The molecule has 1 heterocycles. The van der Waals surface area contributed by atoms with Gasteiger partial charge in [0, 0.05) is 23.6 Å². The number of carbonyl (C=O) groups excluding carboxylic acids is 1. The van der Waals surface area contributed by atoms with Crippen molar-refractivity contribution in [2.45, 2.75) is 18.9 Å². The molecule has 1 aromatic rings. The first-order valence-electron chi connectivity index (χ1n) is 6.03. The Bertz CT molecular complexity index is 445. The van der Waals surface area contributed by atoms with Gasteiger partial charge in [0.25, 0.3) is 5.91 Å². The molecule has 2 rings (SSSR count). The zero-order valence-corrected chi connectivity index (χ0v) is 11.8. The molecule has 1 aliphatic heterocycles. The summed E-state index contributed by atoms with van der Waals surface area (Å²) in [5.74, 6) is -0.372. The van der Waals surface area contributed by atoms with Crippen LogP contribution in [0.2, 0.25) is 0 Å². The van der Waals surface area contributed by atoms with Crippen LogP contribution < -0.4 is 5.32 Å². The van der Waals surface area contributed by atoms with E-state index >= 15 is 0 Å². The fourth-order valence-electron chi connectivity index (χ4n) is 2.20. The van der Waals surface area contributed by atoms with Crippen LogP contribution in [0, 0.1) is 5.82 Å². The van der Waals surface area contributed by atoms with E-state index in [9.17, 15) is 9.18 Å². The smallest absolute Gasteiger partial charge is 0.255 e. The Kier molecular flexibility index (Phi) is 4.35. The lowest BCUT2D eigenvalue weighted by molar-refractivity contribution is 0.0706. The predicted molar refractivity (Wildman–Crippen MR) is 72.1 cm³/mol. The van der Waals surface area contributed by atoms with Crippen molar-refractivity contribution in [1.29, 1.82) is 0 Å². The highest BCUT2D eigenvalue weighted by Crippen LogP contribution is 2.21. The summed E-state index contributed by atoms with van der Waals surface area (Å²) >= 11 is 3.24. The van der Waals surface area contributed by atoms with E-state index in [0.29, 0.717) is 16.1 Å². The Labute approximate surface area is 114 Å². The number of likely N-dealkylation sites (tertiary alicyclic amines) is 1. The molecule has 1 fully saturated rings. The fourth-order valence-corrected chi connectivity index (χ4v) is 2.72. The minimum atomic E-state index is -0.340. The van der Waals surface area contributed by atoms with Crippen LogP contribution >= 0.6 is 15.9 Å². The number of piperidine rings is 1. The molecule has 1 N–H and O–H groups in total. The highest BCUT2D eigenvalue weighted by atomic mass is 79.9. The van der Waals surface area contributed by atoms with Gasteiger partial charge in [-0.05, 0) is 54.0 Å². The molecule has 0 unspecified atom stereocenters. The Hall–Kier alpha value is -0.940. The van der Waals surface area contributed by atoms with Crippen LogP contribution in [0.5, 0.6) is 0 Å². The van der Waals surface area contributed by atoms with Crippen LogP contribution in [0.4, 0.5) is 4.39 Å². The first kappa shape index (κ1) is 13.5. The fraction of sp³-hybridized carbons (Fsp3) is 0.462. The van der Waals surface area contributed by atoms with Gasteiger partial charge in [0.05, 0.1) is 5.56 Å². The maximum Gasteiger partial charge on any atom is 0.255 e. The van der Waals surface area contributed by atoms with Gasteiger partial charge in [-0.25, -0.2) is 4.39 Å². The van der Waals surface area contributed by atoms with Gasteiger partial charge in [0.2, 0.25) is 0 Å². The molecule has 5 heteroatoms. The van der Waals surface area contributed by atoms with Gasteiger partial charge in [0.1, 0.15) is 5.82 Å². The van der Waals surface area contributed by atoms with Gasteiger partial charge in [-0.15, -0.1) is 0 Å². The quantitative estimate of drug-likeness (QED) is 0.909. The van der Waals surface area contributed by atoms with E-state index in [2.05, 4.69) is 21.2 Å². The third-order valence-corrected chi connectivity index (χ3v) is 4.01. The van der Waals surface area contributed by atoms with Crippen molar-refractivity contribution in [3.8, 4) is 0 Å². The summed E-state index contributed by atoms with van der Waals surface area (Å²) in [4.78, 5) is 14.1. The molecule has 0 spiro atoms. The average molecular weight is 315 g/mol. The molecule has 1 saturated heterocycles. The van der Waals surface area contributed by atoms with E-state index in [1.54, 1.807) is 0 Å². The number of nitrogens with zero attached hydrogens (tertiary/aromatic N) is 1. The third kappa shape index (κ3) is 2.90. The topological polar surface area (TPSA) is 32.3 Å². The molecule has 0 saturated carbocycles. The van der Waals surface area contributed by atoms with E-state index < -0.39 is 0 Å². The number of halogens is 2. The third-order valence-electron chi connectivity index (χ3n) is 3.35. The van der Waals surface area contributed by atoms with Gasteiger partial charge in [-0.3, -0.25) is 4.79 Å². The summed E-state index contributed by atoms with van der Waals surface area (Å²) in [6, 6.07) is 4.67. The number of rotatable bonds is 2. The van der Waals surface area contributed by atoms with Crippen LogP contribution in [-0.4, -0.2) is 37.0 Å². The van der Waals surface area contributed by atoms with Gasteiger partial charge < -0.3 is 10.2 Å². The molecule has 0 atom stereocenters. The van der Waals surface area contributed by atoms with Crippen molar-refractivity contribution in [2.24, 2.45) is 0 Å². The maximum atomic E-state index is 13.0. The molecule has 18 heavy (non-hydrogen) atoms. The highest BCUT2D eigenvalue weighted by Gasteiger charge is 2.23. The van der Waals surface area contributed by atoms with Crippen molar-refractivity contribution in [1.82, 2.24) is 10.2 Å². The van der Waals surface area contributed by atoms with Crippen LogP contribution in [0.15, 0.2) is 22.7 Å². The van der Waals surface area contributed by atoms with E-state index in [-0.39, 0.29) is 11.7 Å². The molecule has 1 aliphatic rings. The predicted octanol–water partition coefficient (Wildman–Crippen LogP) is 2.41. The van der Waals surface area contributed by atoms with Gasteiger partial charge in [-0.1, -0.05) is 0 Å².